The van der Waals surface area contributed by atoms with E-state index in [1.165, 1.54) is 12.1 Å². The molecule has 0 atom stereocenters. The number of nitrogens with zero attached hydrogens (tertiary/aromatic N) is 2. The van der Waals surface area contributed by atoms with E-state index in [2.05, 4.69) is 18.8 Å². The first-order valence-corrected chi connectivity index (χ1v) is 8.23. The van der Waals surface area contributed by atoms with Gasteiger partial charge in [0.1, 0.15) is 5.82 Å². The predicted octanol–water partition coefficient (Wildman–Crippen LogP) is 4.85. The SMILES string of the molecule is CCC(CC)c1nc2cc(F)c(F)cc2n1Cc1ccc(N)cc1. The molecule has 3 aromatic rings. The van der Waals surface area contributed by atoms with E-state index < -0.39 is 11.6 Å². The van der Waals surface area contributed by atoms with Crippen LogP contribution < -0.4 is 5.73 Å². The highest BCUT2D eigenvalue weighted by Gasteiger charge is 2.19. The molecule has 2 N–H and O–H groups in total. The largest absolute Gasteiger partial charge is 0.399 e. The minimum Gasteiger partial charge on any atom is -0.399 e. The molecule has 0 amide bonds. The molecule has 0 aliphatic heterocycles. The van der Waals surface area contributed by atoms with Gasteiger partial charge in [-0.1, -0.05) is 26.0 Å². The van der Waals surface area contributed by atoms with Gasteiger partial charge in [-0.3, -0.25) is 0 Å². The van der Waals surface area contributed by atoms with Gasteiger partial charge in [0.15, 0.2) is 11.6 Å². The Morgan fingerprint density at radius 1 is 1.04 bits per heavy atom. The van der Waals surface area contributed by atoms with Crippen LogP contribution in [0.25, 0.3) is 11.0 Å². The summed E-state index contributed by atoms with van der Waals surface area (Å²) in [5.41, 5.74) is 8.59. The van der Waals surface area contributed by atoms with Crippen LogP contribution >= 0.6 is 0 Å². The van der Waals surface area contributed by atoms with Crippen LogP contribution in [-0.4, -0.2) is 9.55 Å². The van der Waals surface area contributed by atoms with Gasteiger partial charge in [0.25, 0.3) is 0 Å². The molecule has 0 radical (unpaired) electrons. The van der Waals surface area contributed by atoms with Gasteiger partial charge in [-0.25, -0.2) is 13.8 Å². The Morgan fingerprint density at radius 3 is 2.29 bits per heavy atom. The third kappa shape index (κ3) is 2.98. The van der Waals surface area contributed by atoms with Crippen LogP contribution in [0.2, 0.25) is 0 Å². The zero-order chi connectivity index (χ0) is 17.3. The molecule has 0 aliphatic rings. The maximum absolute atomic E-state index is 13.8. The third-order valence-corrected chi connectivity index (χ3v) is 4.49. The van der Waals surface area contributed by atoms with Crippen LogP contribution in [0.4, 0.5) is 14.5 Å². The van der Waals surface area contributed by atoms with Crippen LogP contribution in [0.5, 0.6) is 0 Å². The number of hydrogen-bond acceptors (Lipinski definition) is 2. The number of halogens is 2. The molecule has 0 saturated heterocycles. The van der Waals surface area contributed by atoms with Gasteiger partial charge in [-0.15, -0.1) is 0 Å². The number of nitrogen functional groups attached to an aromatic ring is 1. The quantitative estimate of drug-likeness (QED) is 0.680. The third-order valence-electron chi connectivity index (χ3n) is 4.49. The molecule has 3 rings (SSSR count). The molecule has 0 saturated carbocycles. The Balaban J connectivity index is 2.15. The van der Waals surface area contributed by atoms with Gasteiger partial charge in [-0.05, 0) is 30.5 Å². The van der Waals surface area contributed by atoms with E-state index in [9.17, 15) is 8.78 Å². The van der Waals surface area contributed by atoms with Crippen molar-refractivity contribution in [2.75, 3.05) is 5.73 Å². The average Bonchev–Trinajstić information content (AvgIpc) is 2.89. The molecule has 1 heterocycles. The fourth-order valence-electron chi connectivity index (χ4n) is 3.08. The molecule has 24 heavy (non-hydrogen) atoms. The topological polar surface area (TPSA) is 43.8 Å². The second-order valence-corrected chi connectivity index (χ2v) is 6.07. The molecule has 5 heteroatoms. The fourth-order valence-corrected chi connectivity index (χ4v) is 3.08. The molecule has 0 aliphatic carbocycles. The Bertz CT molecular complexity index is 849. The van der Waals surface area contributed by atoms with E-state index in [1.54, 1.807) is 0 Å². The lowest BCUT2D eigenvalue weighted by Gasteiger charge is -2.16. The standard InChI is InChI=1S/C19H21F2N3/c1-3-13(4-2)19-23-17-9-15(20)16(21)10-18(17)24(19)11-12-5-7-14(22)8-6-12/h5-10,13H,3-4,11,22H2,1-2H3. The summed E-state index contributed by atoms with van der Waals surface area (Å²) in [6, 6.07) is 9.98. The van der Waals surface area contributed by atoms with Gasteiger partial charge >= 0.3 is 0 Å². The van der Waals surface area contributed by atoms with Crippen molar-refractivity contribution in [3.63, 3.8) is 0 Å². The molecule has 0 bridgehead atoms. The van der Waals surface area contributed by atoms with Crippen LogP contribution in [0, 0.1) is 11.6 Å². The van der Waals surface area contributed by atoms with Crippen molar-refractivity contribution in [2.45, 2.75) is 39.2 Å². The molecule has 3 nitrogen and oxygen atoms in total. The average molecular weight is 329 g/mol. The van der Waals surface area contributed by atoms with Crippen molar-refractivity contribution in [2.24, 2.45) is 0 Å². The monoisotopic (exact) mass is 329 g/mol. The first-order valence-electron chi connectivity index (χ1n) is 8.23. The molecule has 2 aromatic carbocycles. The second kappa shape index (κ2) is 6.59. The molecule has 0 fully saturated rings. The first kappa shape index (κ1) is 16.4. The van der Waals surface area contributed by atoms with Gasteiger partial charge in [0.2, 0.25) is 0 Å². The Kier molecular flexibility index (Phi) is 4.51. The zero-order valence-corrected chi connectivity index (χ0v) is 13.9. The van der Waals surface area contributed by atoms with Crippen molar-refractivity contribution in [1.82, 2.24) is 9.55 Å². The highest BCUT2D eigenvalue weighted by molar-refractivity contribution is 5.76. The Labute approximate surface area is 140 Å². The van der Waals surface area contributed by atoms with Crippen molar-refractivity contribution in [3.8, 4) is 0 Å². The van der Waals surface area contributed by atoms with Crippen molar-refractivity contribution >= 4 is 16.7 Å². The summed E-state index contributed by atoms with van der Waals surface area (Å²) in [5.74, 6) is -0.595. The molecule has 0 unspecified atom stereocenters. The minimum atomic E-state index is -0.865. The fraction of sp³-hybridized carbons (Fsp3) is 0.316. The first-order chi connectivity index (χ1) is 11.5. The van der Waals surface area contributed by atoms with E-state index >= 15 is 0 Å². The summed E-state index contributed by atoms with van der Waals surface area (Å²) in [4.78, 5) is 4.60. The second-order valence-electron chi connectivity index (χ2n) is 6.07. The van der Waals surface area contributed by atoms with Gasteiger partial charge in [0, 0.05) is 30.3 Å². The molecule has 0 spiro atoms. The highest BCUT2D eigenvalue weighted by atomic mass is 19.2. The number of imidazole rings is 1. The molecule has 1 aromatic heterocycles. The highest BCUT2D eigenvalue weighted by Crippen LogP contribution is 2.29. The summed E-state index contributed by atoms with van der Waals surface area (Å²) in [7, 11) is 0. The zero-order valence-electron chi connectivity index (χ0n) is 13.9. The smallest absolute Gasteiger partial charge is 0.161 e. The number of nitrogens with two attached hydrogens (primary N) is 1. The van der Waals surface area contributed by atoms with E-state index in [1.807, 2.05) is 28.8 Å². The van der Waals surface area contributed by atoms with E-state index in [-0.39, 0.29) is 5.92 Å². The van der Waals surface area contributed by atoms with Crippen LogP contribution in [-0.2, 0) is 6.54 Å². The number of hydrogen-bond donors (Lipinski definition) is 1. The Hall–Kier alpha value is -2.43. The number of aromatic nitrogens is 2. The molecule has 126 valence electrons. The van der Waals surface area contributed by atoms with E-state index in [0.717, 1.165) is 24.2 Å². The van der Waals surface area contributed by atoms with Crippen molar-refractivity contribution < 1.29 is 8.78 Å². The summed E-state index contributed by atoms with van der Waals surface area (Å²) in [6.07, 6.45) is 1.85. The lowest BCUT2D eigenvalue weighted by molar-refractivity contribution is 0.510. The lowest BCUT2D eigenvalue weighted by Crippen LogP contribution is -2.09. The maximum Gasteiger partial charge on any atom is 0.161 e. The Morgan fingerprint density at radius 2 is 1.67 bits per heavy atom. The summed E-state index contributed by atoms with van der Waals surface area (Å²) >= 11 is 0. The van der Waals surface area contributed by atoms with Gasteiger partial charge in [-0.2, -0.15) is 0 Å². The predicted molar refractivity (Wildman–Crippen MR) is 92.9 cm³/mol. The van der Waals surface area contributed by atoms with Crippen molar-refractivity contribution in [3.05, 3.63) is 59.4 Å². The molecular formula is C19H21F2N3. The van der Waals surface area contributed by atoms with E-state index in [0.29, 0.717) is 23.3 Å². The van der Waals surface area contributed by atoms with Crippen LogP contribution in [0.1, 0.15) is 44.0 Å². The normalized spacial score (nSPS) is 11.5. The van der Waals surface area contributed by atoms with Crippen molar-refractivity contribution in [1.29, 1.82) is 0 Å². The summed E-state index contributed by atoms with van der Waals surface area (Å²) < 4.78 is 29.3. The van der Waals surface area contributed by atoms with Gasteiger partial charge < -0.3 is 10.3 Å². The number of fused-ring (bicyclic) bond motifs is 1. The number of anilines is 1. The number of rotatable bonds is 5. The number of benzene rings is 2. The van der Waals surface area contributed by atoms with E-state index in [4.69, 9.17) is 5.73 Å². The maximum atomic E-state index is 13.8. The van der Waals surface area contributed by atoms with Crippen LogP contribution in [0.15, 0.2) is 36.4 Å². The molecular weight excluding hydrogens is 308 g/mol. The lowest BCUT2D eigenvalue weighted by atomic mass is 10.0. The van der Waals surface area contributed by atoms with Gasteiger partial charge in [0.05, 0.1) is 11.0 Å². The van der Waals surface area contributed by atoms with Crippen LogP contribution in [0.3, 0.4) is 0 Å². The summed E-state index contributed by atoms with van der Waals surface area (Å²) in [6.45, 7) is 4.75. The minimum absolute atomic E-state index is 0.248. The summed E-state index contributed by atoms with van der Waals surface area (Å²) in [5, 5.41) is 0.